The maximum absolute atomic E-state index is 12.8. The summed E-state index contributed by atoms with van der Waals surface area (Å²) in [5.41, 5.74) is 3.54. The van der Waals surface area contributed by atoms with Crippen molar-refractivity contribution in [3.05, 3.63) is 112 Å². The van der Waals surface area contributed by atoms with Gasteiger partial charge in [0.2, 0.25) is 0 Å². The van der Waals surface area contributed by atoms with E-state index in [0.717, 1.165) is 5.69 Å². The van der Waals surface area contributed by atoms with Crippen LogP contribution in [0.3, 0.4) is 0 Å². The summed E-state index contributed by atoms with van der Waals surface area (Å²) in [6, 6.07) is 25.0. The Kier molecular flexibility index (Phi) is 7.98. The third kappa shape index (κ3) is 6.38. The van der Waals surface area contributed by atoms with Crippen LogP contribution in [-0.4, -0.2) is 29.9 Å². The molecule has 0 aliphatic rings. The highest BCUT2D eigenvalue weighted by Crippen LogP contribution is 2.29. The highest BCUT2D eigenvalue weighted by molar-refractivity contribution is 6.35. The standard InChI is InChI=1S/C27H22Cl2N4O2/c28-23-12-10-20(17-22(23)25-8-4-5-13-31-25)33-27(35)21-11-9-18(16-24(21)29)26(34)32-15-14-30-19-6-2-1-3-7-19/h1-13,16-17,30H,14-15H2,(H,32,34)(H,33,35). The Hall–Kier alpha value is -3.87. The number of rotatable bonds is 8. The van der Waals surface area contributed by atoms with E-state index in [0.29, 0.717) is 40.6 Å². The van der Waals surface area contributed by atoms with Crippen LogP contribution in [0.25, 0.3) is 11.3 Å². The maximum Gasteiger partial charge on any atom is 0.257 e. The summed E-state index contributed by atoms with van der Waals surface area (Å²) in [4.78, 5) is 29.6. The molecule has 4 aromatic rings. The van der Waals surface area contributed by atoms with Crippen molar-refractivity contribution in [3.63, 3.8) is 0 Å². The predicted molar refractivity (Wildman–Crippen MR) is 141 cm³/mol. The quantitative estimate of drug-likeness (QED) is 0.251. The van der Waals surface area contributed by atoms with E-state index < -0.39 is 5.91 Å². The minimum absolute atomic E-state index is 0.177. The van der Waals surface area contributed by atoms with Crippen LogP contribution in [0.4, 0.5) is 11.4 Å². The number of nitrogens with zero attached hydrogens (tertiary/aromatic N) is 1. The molecule has 0 unspecified atom stereocenters. The van der Waals surface area contributed by atoms with Gasteiger partial charge in [-0.25, -0.2) is 0 Å². The summed E-state index contributed by atoms with van der Waals surface area (Å²) in [7, 11) is 0. The molecule has 3 N–H and O–H groups in total. The number of para-hydroxylation sites is 1. The smallest absolute Gasteiger partial charge is 0.257 e. The molecule has 0 saturated heterocycles. The van der Waals surface area contributed by atoms with Crippen LogP contribution in [0, 0.1) is 0 Å². The number of aromatic nitrogens is 1. The van der Waals surface area contributed by atoms with Gasteiger partial charge in [-0.1, -0.05) is 47.5 Å². The molecule has 0 bridgehead atoms. The monoisotopic (exact) mass is 504 g/mol. The molecule has 0 aliphatic carbocycles. The number of anilines is 2. The first-order valence-corrected chi connectivity index (χ1v) is 11.7. The van der Waals surface area contributed by atoms with E-state index in [1.165, 1.54) is 12.1 Å². The number of hydrogen-bond acceptors (Lipinski definition) is 4. The molecule has 1 heterocycles. The second-order valence-electron chi connectivity index (χ2n) is 7.61. The maximum atomic E-state index is 12.8. The Morgan fingerprint density at radius 2 is 1.54 bits per heavy atom. The van der Waals surface area contributed by atoms with Crippen molar-refractivity contribution in [2.45, 2.75) is 0 Å². The number of hydrogen-bond donors (Lipinski definition) is 3. The topological polar surface area (TPSA) is 83.1 Å². The van der Waals surface area contributed by atoms with Crippen molar-refractivity contribution < 1.29 is 9.59 Å². The number of pyridine rings is 1. The van der Waals surface area contributed by atoms with Crippen molar-refractivity contribution in [1.82, 2.24) is 10.3 Å². The molecule has 4 rings (SSSR count). The van der Waals surface area contributed by atoms with Crippen LogP contribution in [0.5, 0.6) is 0 Å². The second kappa shape index (κ2) is 11.5. The number of carbonyl (C=O) groups is 2. The van der Waals surface area contributed by atoms with Crippen molar-refractivity contribution >= 4 is 46.4 Å². The average Bonchev–Trinajstić information content (AvgIpc) is 2.88. The van der Waals surface area contributed by atoms with Gasteiger partial charge < -0.3 is 16.0 Å². The lowest BCUT2D eigenvalue weighted by Gasteiger charge is -2.11. The fraction of sp³-hybridized carbons (Fsp3) is 0.0741. The van der Waals surface area contributed by atoms with Crippen molar-refractivity contribution in [2.24, 2.45) is 0 Å². The molecule has 0 atom stereocenters. The van der Waals surface area contributed by atoms with Crippen molar-refractivity contribution in [1.29, 1.82) is 0 Å². The third-order valence-electron chi connectivity index (χ3n) is 5.15. The Bertz CT molecular complexity index is 1330. The molecule has 2 amide bonds. The molecule has 0 fully saturated rings. The number of amides is 2. The molecular weight excluding hydrogens is 483 g/mol. The van der Waals surface area contributed by atoms with Crippen LogP contribution < -0.4 is 16.0 Å². The van der Waals surface area contributed by atoms with E-state index in [2.05, 4.69) is 20.9 Å². The normalized spacial score (nSPS) is 10.5. The van der Waals surface area contributed by atoms with Gasteiger partial charge in [-0.2, -0.15) is 0 Å². The average molecular weight is 505 g/mol. The summed E-state index contributed by atoms with van der Waals surface area (Å²) < 4.78 is 0. The lowest BCUT2D eigenvalue weighted by atomic mass is 10.1. The van der Waals surface area contributed by atoms with Gasteiger partial charge in [-0.15, -0.1) is 0 Å². The lowest BCUT2D eigenvalue weighted by Crippen LogP contribution is -2.28. The van der Waals surface area contributed by atoms with Crippen LogP contribution >= 0.6 is 23.2 Å². The summed E-state index contributed by atoms with van der Waals surface area (Å²) in [6.45, 7) is 1.01. The highest BCUT2D eigenvalue weighted by atomic mass is 35.5. The summed E-state index contributed by atoms with van der Waals surface area (Å²) in [5.74, 6) is -0.672. The largest absolute Gasteiger partial charge is 0.383 e. The molecule has 35 heavy (non-hydrogen) atoms. The number of carbonyl (C=O) groups excluding carboxylic acids is 2. The first-order valence-electron chi connectivity index (χ1n) is 10.9. The van der Waals surface area contributed by atoms with Gasteiger partial charge in [0, 0.05) is 41.8 Å². The minimum Gasteiger partial charge on any atom is -0.383 e. The van der Waals surface area contributed by atoms with E-state index in [4.69, 9.17) is 23.2 Å². The third-order valence-corrected chi connectivity index (χ3v) is 5.80. The fourth-order valence-electron chi connectivity index (χ4n) is 3.40. The van der Waals surface area contributed by atoms with Gasteiger partial charge in [-0.3, -0.25) is 14.6 Å². The Labute approximate surface area is 213 Å². The van der Waals surface area contributed by atoms with Crippen LogP contribution in [0.2, 0.25) is 10.0 Å². The molecule has 0 radical (unpaired) electrons. The van der Waals surface area contributed by atoms with Gasteiger partial charge in [0.05, 0.1) is 21.3 Å². The molecule has 0 spiro atoms. The zero-order valence-corrected chi connectivity index (χ0v) is 20.1. The molecule has 176 valence electrons. The molecule has 1 aromatic heterocycles. The first-order chi connectivity index (χ1) is 17.0. The number of benzene rings is 3. The van der Waals surface area contributed by atoms with Gasteiger partial charge in [-0.05, 0) is 60.7 Å². The highest BCUT2D eigenvalue weighted by Gasteiger charge is 2.15. The molecule has 0 saturated carbocycles. The Morgan fingerprint density at radius 1 is 0.743 bits per heavy atom. The molecular formula is C27H22Cl2N4O2. The molecule has 8 heteroatoms. The molecule has 3 aromatic carbocycles. The summed E-state index contributed by atoms with van der Waals surface area (Å²) >= 11 is 12.7. The van der Waals surface area contributed by atoms with E-state index in [1.54, 1.807) is 30.5 Å². The van der Waals surface area contributed by atoms with E-state index in [-0.39, 0.29) is 16.5 Å². The minimum atomic E-state index is -0.400. The first kappa shape index (κ1) is 24.3. The SMILES string of the molecule is O=C(NCCNc1ccccc1)c1ccc(C(=O)Nc2ccc(Cl)c(-c3ccccn3)c2)c(Cl)c1. The zero-order valence-electron chi connectivity index (χ0n) is 18.6. The molecule has 6 nitrogen and oxygen atoms in total. The summed E-state index contributed by atoms with van der Waals surface area (Å²) in [5, 5.41) is 9.58. The van der Waals surface area contributed by atoms with Gasteiger partial charge >= 0.3 is 0 Å². The van der Waals surface area contributed by atoms with Gasteiger partial charge in [0.1, 0.15) is 0 Å². The van der Waals surface area contributed by atoms with Crippen molar-refractivity contribution in [3.8, 4) is 11.3 Å². The van der Waals surface area contributed by atoms with Gasteiger partial charge in [0.15, 0.2) is 0 Å². The number of nitrogens with one attached hydrogen (secondary N) is 3. The Balaban J connectivity index is 1.37. The predicted octanol–water partition coefficient (Wildman–Crippen LogP) is 6.15. The van der Waals surface area contributed by atoms with Crippen LogP contribution in [-0.2, 0) is 0 Å². The molecule has 0 aliphatic heterocycles. The lowest BCUT2D eigenvalue weighted by molar-refractivity contribution is 0.0953. The van der Waals surface area contributed by atoms with Crippen LogP contribution in [0.15, 0.2) is 91.1 Å². The Morgan fingerprint density at radius 3 is 2.29 bits per heavy atom. The van der Waals surface area contributed by atoms with E-state index in [9.17, 15) is 9.59 Å². The van der Waals surface area contributed by atoms with Crippen molar-refractivity contribution in [2.75, 3.05) is 23.7 Å². The fourth-order valence-corrected chi connectivity index (χ4v) is 3.88. The van der Waals surface area contributed by atoms with E-state index in [1.807, 2.05) is 48.5 Å². The number of halogens is 2. The zero-order chi connectivity index (χ0) is 24.6. The summed E-state index contributed by atoms with van der Waals surface area (Å²) in [6.07, 6.45) is 1.67. The van der Waals surface area contributed by atoms with E-state index >= 15 is 0 Å². The van der Waals surface area contributed by atoms with Gasteiger partial charge in [0.25, 0.3) is 11.8 Å². The van der Waals surface area contributed by atoms with Crippen LogP contribution in [0.1, 0.15) is 20.7 Å². The second-order valence-corrected chi connectivity index (χ2v) is 8.42.